The molecular weight excluding hydrogens is 324 g/mol. The summed E-state index contributed by atoms with van der Waals surface area (Å²) in [7, 11) is 0. The summed E-state index contributed by atoms with van der Waals surface area (Å²) in [6, 6.07) is 16.9. The third kappa shape index (κ3) is 4.51. The van der Waals surface area contributed by atoms with Crippen molar-refractivity contribution in [2.24, 2.45) is 5.41 Å². The number of carbonyl (C=O) groups excluding carboxylic acids is 2. The summed E-state index contributed by atoms with van der Waals surface area (Å²) >= 11 is 0. The minimum absolute atomic E-state index is 0.0819. The molecule has 1 aliphatic carbocycles. The maximum absolute atomic E-state index is 12.6. The third-order valence-electron chi connectivity index (χ3n) is 5.21. The molecule has 0 aromatic heterocycles. The predicted octanol–water partition coefficient (Wildman–Crippen LogP) is 4.53. The quantitative estimate of drug-likeness (QED) is 0.832. The zero-order valence-corrected chi connectivity index (χ0v) is 15.3. The average molecular weight is 350 g/mol. The van der Waals surface area contributed by atoms with Crippen molar-refractivity contribution in [3.8, 4) is 0 Å². The van der Waals surface area contributed by atoms with Gasteiger partial charge in [-0.05, 0) is 42.7 Å². The summed E-state index contributed by atoms with van der Waals surface area (Å²) in [5.41, 5.74) is 2.11. The summed E-state index contributed by atoms with van der Waals surface area (Å²) in [5.74, 6) is -0.0375. The number of anilines is 1. The highest BCUT2D eigenvalue weighted by Crippen LogP contribution is 2.36. The van der Waals surface area contributed by atoms with Crippen LogP contribution in [0, 0.1) is 5.41 Å². The first-order chi connectivity index (χ1) is 12.6. The molecule has 26 heavy (non-hydrogen) atoms. The van der Waals surface area contributed by atoms with Gasteiger partial charge in [0.05, 0.1) is 0 Å². The van der Waals surface area contributed by atoms with E-state index in [1.165, 1.54) is 6.42 Å². The van der Waals surface area contributed by atoms with Crippen LogP contribution in [0.3, 0.4) is 0 Å². The largest absolute Gasteiger partial charge is 0.348 e. The molecule has 0 unspecified atom stereocenters. The Hall–Kier alpha value is -2.62. The van der Waals surface area contributed by atoms with Gasteiger partial charge in [-0.25, -0.2) is 0 Å². The van der Waals surface area contributed by atoms with Crippen LogP contribution in [-0.4, -0.2) is 11.8 Å². The Balaban J connectivity index is 1.56. The average Bonchev–Trinajstić information content (AvgIpc) is 2.68. The molecule has 0 bridgehead atoms. The lowest BCUT2D eigenvalue weighted by Crippen LogP contribution is -2.35. The Morgan fingerprint density at radius 1 is 0.923 bits per heavy atom. The van der Waals surface area contributed by atoms with Gasteiger partial charge >= 0.3 is 0 Å². The standard InChI is InChI=1S/C22H26N2O2/c1-22(14-6-3-7-15-22)21(26)24-19-12-10-18(11-13-19)20(25)23-16-17-8-4-2-5-9-17/h2,4-5,8-13H,3,6-7,14-16H2,1H3,(H,23,25)(H,24,26). The second-order valence-electron chi connectivity index (χ2n) is 7.32. The maximum Gasteiger partial charge on any atom is 0.251 e. The van der Waals surface area contributed by atoms with Gasteiger partial charge in [0.15, 0.2) is 0 Å². The Bertz CT molecular complexity index is 747. The topological polar surface area (TPSA) is 58.2 Å². The second kappa shape index (κ2) is 8.17. The van der Waals surface area contributed by atoms with Gasteiger partial charge in [0.2, 0.25) is 5.91 Å². The van der Waals surface area contributed by atoms with E-state index in [2.05, 4.69) is 10.6 Å². The van der Waals surface area contributed by atoms with E-state index in [0.29, 0.717) is 12.1 Å². The molecule has 1 fully saturated rings. The molecule has 4 heteroatoms. The number of rotatable bonds is 5. The van der Waals surface area contributed by atoms with Crippen LogP contribution in [0.15, 0.2) is 54.6 Å². The zero-order chi connectivity index (χ0) is 18.4. The summed E-state index contributed by atoms with van der Waals surface area (Å²) in [4.78, 5) is 24.8. The Kier molecular flexibility index (Phi) is 5.71. The molecular formula is C22H26N2O2. The molecule has 136 valence electrons. The molecule has 0 radical (unpaired) electrons. The Labute approximate surface area is 155 Å². The first-order valence-corrected chi connectivity index (χ1v) is 9.30. The van der Waals surface area contributed by atoms with Crippen molar-refractivity contribution in [2.75, 3.05) is 5.32 Å². The van der Waals surface area contributed by atoms with Crippen LogP contribution >= 0.6 is 0 Å². The molecule has 0 heterocycles. The molecule has 2 aromatic rings. The molecule has 0 aliphatic heterocycles. The van der Waals surface area contributed by atoms with Crippen LogP contribution in [0.4, 0.5) is 5.69 Å². The molecule has 2 aromatic carbocycles. The van der Waals surface area contributed by atoms with E-state index in [0.717, 1.165) is 36.9 Å². The molecule has 4 nitrogen and oxygen atoms in total. The van der Waals surface area contributed by atoms with Crippen molar-refractivity contribution >= 4 is 17.5 Å². The summed E-state index contributed by atoms with van der Waals surface area (Å²) < 4.78 is 0. The van der Waals surface area contributed by atoms with Gasteiger partial charge in [-0.1, -0.05) is 56.5 Å². The molecule has 3 rings (SSSR count). The fraction of sp³-hybridized carbons (Fsp3) is 0.364. The smallest absolute Gasteiger partial charge is 0.251 e. The van der Waals surface area contributed by atoms with E-state index >= 15 is 0 Å². The first-order valence-electron chi connectivity index (χ1n) is 9.30. The maximum atomic E-state index is 12.6. The number of hydrogen-bond donors (Lipinski definition) is 2. The molecule has 0 atom stereocenters. The van der Waals surface area contributed by atoms with Crippen molar-refractivity contribution in [1.82, 2.24) is 5.32 Å². The van der Waals surface area contributed by atoms with Crippen LogP contribution in [0.2, 0.25) is 0 Å². The first kappa shape index (κ1) is 18.2. The van der Waals surface area contributed by atoms with Crippen LogP contribution in [-0.2, 0) is 11.3 Å². The van der Waals surface area contributed by atoms with Crippen molar-refractivity contribution in [3.05, 3.63) is 65.7 Å². The molecule has 2 N–H and O–H groups in total. The lowest BCUT2D eigenvalue weighted by atomic mass is 9.75. The molecule has 2 amide bonds. The molecule has 1 aliphatic rings. The fourth-order valence-electron chi connectivity index (χ4n) is 3.43. The van der Waals surface area contributed by atoms with Gasteiger partial charge in [-0.3, -0.25) is 9.59 Å². The minimum Gasteiger partial charge on any atom is -0.348 e. The predicted molar refractivity (Wildman–Crippen MR) is 104 cm³/mol. The number of amides is 2. The minimum atomic E-state index is -0.274. The zero-order valence-electron chi connectivity index (χ0n) is 15.3. The Morgan fingerprint density at radius 3 is 2.23 bits per heavy atom. The van der Waals surface area contributed by atoms with Gasteiger partial charge < -0.3 is 10.6 Å². The highest BCUT2D eigenvalue weighted by molar-refractivity contribution is 5.97. The lowest BCUT2D eigenvalue weighted by molar-refractivity contribution is -0.126. The van der Waals surface area contributed by atoms with Crippen molar-refractivity contribution in [3.63, 3.8) is 0 Å². The van der Waals surface area contributed by atoms with Crippen LogP contribution in [0.5, 0.6) is 0 Å². The summed E-state index contributed by atoms with van der Waals surface area (Å²) in [6.07, 6.45) is 5.34. The normalized spacial score (nSPS) is 15.9. The summed E-state index contributed by atoms with van der Waals surface area (Å²) in [6.45, 7) is 2.55. The number of hydrogen-bond acceptors (Lipinski definition) is 2. The van der Waals surface area contributed by atoms with E-state index in [1.54, 1.807) is 24.3 Å². The van der Waals surface area contributed by atoms with Gasteiger partial charge in [0, 0.05) is 23.2 Å². The van der Waals surface area contributed by atoms with Gasteiger partial charge in [0.1, 0.15) is 0 Å². The van der Waals surface area contributed by atoms with Crippen LogP contribution in [0.25, 0.3) is 0 Å². The highest BCUT2D eigenvalue weighted by Gasteiger charge is 2.34. The van der Waals surface area contributed by atoms with E-state index in [9.17, 15) is 9.59 Å². The molecule has 0 saturated heterocycles. The fourth-order valence-corrected chi connectivity index (χ4v) is 3.43. The van der Waals surface area contributed by atoms with E-state index in [4.69, 9.17) is 0 Å². The van der Waals surface area contributed by atoms with Crippen molar-refractivity contribution < 1.29 is 9.59 Å². The summed E-state index contributed by atoms with van der Waals surface area (Å²) in [5, 5.41) is 5.91. The van der Waals surface area contributed by atoms with E-state index in [1.807, 2.05) is 37.3 Å². The molecule has 1 saturated carbocycles. The number of nitrogens with one attached hydrogen (secondary N) is 2. The van der Waals surface area contributed by atoms with Crippen molar-refractivity contribution in [2.45, 2.75) is 45.6 Å². The Morgan fingerprint density at radius 2 is 1.58 bits per heavy atom. The van der Waals surface area contributed by atoms with E-state index in [-0.39, 0.29) is 17.2 Å². The van der Waals surface area contributed by atoms with E-state index < -0.39 is 0 Å². The molecule has 0 spiro atoms. The van der Waals surface area contributed by atoms with Gasteiger partial charge in [-0.2, -0.15) is 0 Å². The van der Waals surface area contributed by atoms with Gasteiger partial charge in [0.25, 0.3) is 5.91 Å². The second-order valence-corrected chi connectivity index (χ2v) is 7.32. The third-order valence-corrected chi connectivity index (χ3v) is 5.21. The number of benzene rings is 2. The van der Waals surface area contributed by atoms with Crippen molar-refractivity contribution in [1.29, 1.82) is 0 Å². The SMILES string of the molecule is CC1(C(=O)Nc2ccc(C(=O)NCc3ccccc3)cc2)CCCCC1. The number of carbonyl (C=O) groups is 2. The van der Waals surface area contributed by atoms with Crippen LogP contribution < -0.4 is 10.6 Å². The highest BCUT2D eigenvalue weighted by atomic mass is 16.2. The lowest BCUT2D eigenvalue weighted by Gasteiger charge is -2.32. The monoisotopic (exact) mass is 350 g/mol. The van der Waals surface area contributed by atoms with Gasteiger partial charge in [-0.15, -0.1) is 0 Å². The van der Waals surface area contributed by atoms with Crippen LogP contribution in [0.1, 0.15) is 54.9 Å².